The highest BCUT2D eigenvalue weighted by Crippen LogP contribution is 2.37. The number of thiazole rings is 1. The van der Waals surface area contributed by atoms with Crippen LogP contribution in [0.4, 0.5) is 10.8 Å². The number of carbonyl (C=O) groups excluding carboxylic acids is 1. The molecule has 134 valence electrons. The predicted molar refractivity (Wildman–Crippen MR) is 102 cm³/mol. The van der Waals surface area contributed by atoms with Crippen LogP contribution < -0.4 is 9.62 Å². The number of carbonyl (C=O) groups is 1. The van der Waals surface area contributed by atoms with E-state index in [0.717, 1.165) is 28.9 Å². The summed E-state index contributed by atoms with van der Waals surface area (Å²) in [6.45, 7) is 3.86. The van der Waals surface area contributed by atoms with Crippen LogP contribution in [0.5, 0.6) is 0 Å². The Hall–Kier alpha value is -1.93. The second kappa shape index (κ2) is 6.76. The van der Waals surface area contributed by atoms with Gasteiger partial charge < -0.3 is 5.32 Å². The molecule has 2 heterocycles. The van der Waals surface area contributed by atoms with Gasteiger partial charge in [0.25, 0.3) is 0 Å². The number of nitrogens with zero attached hydrogens (tertiary/aromatic N) is 2. The van der Waals surface area contributed by atoms with Gasteiger partial charge in [0.05, 0.1) is 17.6 Å². The normalized spacial score (nSPS) is 16.8. The van der Waals surface area contributed by atoms with Gasteiger partial charge in [-0.1, -0.05) is 13.0 Å². The van der Waals surface area contributed by atoms with Crippen LogP contribution in [-0.2, 0) is 21.2 Å². The van der Waals surface area contributed by atoms with Crippen LogP contribution in [0.1, 0.15) is 32.3 Å². The van der Waals surface area contributed by atoms with Crippen LogP contribution in [0.3, 0.4) is 0 Å². The first kappa shape index (κ1) is 17.9. The van der Waals surface area contributed by atoms with Crippen LogP contribution in [0.2, 0.25) is 0 Å². The highest BCUT2D eigenvalue weighted by atomic mass is 32.2. The fraction of sp³-hybridized carbons (Fsp3) is 0.412. The maximum Gasteiger partial charge on any atom is 0.232 e. The third-order valence-electron chi connectivity index (χ3n) is 4.11. The molecule has 25 heavy (non-hydrogen) atoms. The monoisotopic (exact) mass is 379 g/mol. The summed E-state index contributed by atoms with van der Waals surface area (Å²) >= 11 is 1.39. The zero-order chi connectivity index (χ0) is 18.2. The van der Waals surface area contributed by atoms with Crippen molar-refractivity contribution in [2.45, 2.75) is 39.2 Å². The molecule has 1 amide bonds. The number of fused-ring (bicyclic) bond motifs is 1. The highest BCUT2D eigenvalue weighted by molar-refractivity contribution is 7.92. The summed E-state index contributed by atoms with van der Waals surface area (Å²) in [6, 6.07) is 5.62. The van der Waals surface area contributed by atoms with Crippen LogP contribution in [0, 0.1) is 0 Å². The molecule has 1 aromatic heterocycles. The fourth-order valence-corrected chi connectivity index (χ4v) is 5.14. The lowest BCUT2D eigenvalue weighted by Crippen LogP contribution is -2.34. The Labute approximate surface area is 151 Å². The number of hydrogen-bond acceptors (Lipinski definition) is 5. The minimum atomic E-state index is -3.29. The average molecular weight is 380 g/mol. The molecule has 0 radical (unpaired) electrons. The predicted octanol–water partition coefficient (Wildman–Crippen LogP) is 3.26. The van der Waals surface area contributed by atoms with Crippen LogP contribution >= 0.6 is 11.3 Å². The Morgan fingerprint density at radius 1 is 1.44 bits per heavy atom. The van der Waals surface area contributed by atoms with Crippen molar-refractivity contribution < 1.29 is 13.2 Å². The van der Waals surface area contributed by atoms with E-state index in [-0.39, 0.29) is 11.9 Å². The minimum Gasteiger partial charge on any atom is -0.302 e. The molecule has 0 bridgehead atoms. The first-order valence-electron chi connectivity index (χ1n) is 8.17. The standard InChI is InChI=1S/C17H21N3O3S2/c1-4-5-16(21)19-17-18-14(10-24-17)12-6-7-15-13(9-12)8-11(2)20(15)25(3,22)23/h6-7,9-11H,4-5,8H2,1-3H3,(H,18,19,21)/t11-/m1/s1. The molecular weight excluding hydrogens is 358 g/mol. The van der Waals surface area contributed by atoms with Gasteiger partial charge in [0.15, 0.2) is 5.13 Å². The molecular formula is C17H21N3O3S2. The second-order valence-corrected chi connectivity index (χ2v) is 9.01. The maximum atomic E-state index is 12.0. The topological polar surface area (TPSA) is 79.4 Å². The number of benzene rings is 1. The summed E-state index contributed by atoms with van der Waals surface area (Å²) in [5, 5.41) is 5.28. The summed E-state index contributed by atoms with van der Waals surface area (Å²) in [5.74, 6) is -0.0324. The van der Waals surface area contributed by atoms with Crippen molar-refractivity contribution in [3.8, 4) is 11.3 Å². The van der Waals surface area contributed by atoms with E-state index < -0.39 is 10.0 Å². The number of nitrogens with one attached hydrogen (secondary N) is 1. The van der Waals surface area contributed by atoms with Gasteiger partial charge in [0.1, 0.15) is 0 Å². The van der Waals surface area contributed by atoms with Crippen LogP contribution in [-0.4, -0.2) is 31.6 Å². The summed E-state index contributed by atoms with van der Waals surface area (Å²) in [4.78, 5) is 16.1. The van der Waals surface area contributed by atoms with Crippen molar-refractivity contribution >= 4 is 38.1 Å². The highest BCUT2D eigenvalue weighted by Gasteiger charge is 2.32. The van der Waals surface area contributed by atoms with Crippen molar-refractivity contribution in [1.82, 2.24) is 4.98 Å². The third-order valence-corrected chi connectivity index (χ3v) is 6.14. The number of anilines is 2. The number of rotatable bonds is 5. The Balaban J connectivity index is 1.86. The third kappa shape index (κ3) is 3.69. The zero-order valence-electron chi connectivity index (χ0n) is 14.4. The van der Waals surface area contributed by atoms with Gasteiger partial charge in [-0.15, -0.1) is 11.3 Å². The van der Waals surface area contributed by atoms with E-state index in [1.807, 2.05) is 37.4 Å². The molecule has 1 aliphatic heterocycles. The smallest absolute Gasteiger partial charge is 0.232 e. The van der Waals surface area contributed by atoms with E-state index >= 15 is 0 Å². The molecule has 0 saturated heterocycles. The molecule has 3 rings (SSSR count). The Kier molecular flexibility index (Phi) is 4.83. The van der Waals surface area contributed by atoms with E-state index in [2.05, 4.69) is 10.3 Å². The van der Waals surface area contributed by atoms with Gasteiger partial charge in [0.2, 0.25) is 15.9 Å². The van der Waals surface area contributed by atoms with Gasteiger partial charge in [-0.05, 0) is 37.5 Å². The fourth-order valence-electron chi connectivity index (χ4n) is 3.14. The van der Waals surface area contributed by atoms with Crippen molar-refractivity contribution in [3.05, 3.63) is 29.1 Å². The van der Waals surface area contributed by atoms with E-state index in [0.29, 0.717) is 18.0 Å². The molecule has 2 aromatic rings. The summed E-state index contributed by atoms with van der Waals surface area (Å²) in [6.07, 6.45) is 3.19. The SMILES string of the molecule is CCCC(=O)Nc1nc(-c2ccc3c(c2)C[C@@H](C)N3S(C)(=O)=O)cs1. The molecule has 0 unspecified atom stereocenters. The number of amides is 1. The molecule has 1 aliphatic rings. The van der Waals surface area contributed by atoms with Gasteiger partial charge >= 0.3 is 0 Å². The summed E-state index contributed by atoms with van der Waals surface area (Å²) in [5.41, 5.74) is 3.45. The van der Waals surface area contributed by atoms with Gasteiger partial charge in [-0.25, -0.2) is 13.4 Å². The molecule has 6 nitrogen and oxygen atoms in total. The molecule has 1 atom stereocenters. The average Bonchev–Trinajstić information content (AvgIpc) is 3.09. The summed E-state index contributed by atoms with van der Waals surface area (Å²) in [7, 11) is -3.29. The first-order valence-corrected chi connectivity index (χ1v) is 10.9. The molecule has 8 heteroatoms. The van der Waals surface area contributed by atoms with E-state index in [9.17, 15) is 13.2 Å². The second-order valence-electron chi connectivity index (χ2n) is 6.29. The van der Waals surface area contributed by atoms with Gasteiger partial charge in [-0.3, -0.25) is 9.10 Å². The van der Waals surface area contributed by atoms with Crippen molar-refractivity contribution in [2.75, 3.05) is 15.9 Å². The maximum absolute atomic E-state index is 12.0. The Bertz CT molecular complexity index is 906. The lowest BCUT2D eigenvalue weighted by Gasteiger charge is -2.21. The molecule has 1 N–H and O–H groups in total. The Morgan fingerprint density at radius 3 is 2.88 bits per heavy atom. The zero-order valence-corrected chi connectivity index (χ0v) is 16.1. The lowest BCUT2D eigenvalue weighted by atomic mass is 10.1. The van der Waals surface area contributed by atoms with Gasteiger partial charge in [0, 0.05) is 23.4 Å². The molecule has 0 spiro atoms. The van der Waals surface area contributed by atoms with Crippen molar-refractivity contribution in [3.63, 3.8) is 0 Å². The Morgan fingerprint density at radius 2 is 2.20 bits per heavy atom. The van der Waals surface area contributed by atoms with Crippen LogP contribution in [0.25, 0.3) is 11.3 Å². The van der Waals surface area contributed by atoms with Crippen molar-refractivity contribution in [1.29, 1.82) is 0 Å². The summed E-state index contributed by atoms with van der Waals surface area (Å²) < 4.78 is 25.5. The number of sulfonamides is 1. The van der Waals surface area contributed by atoms with Crippen LogP contribution in [0.15, 0.2) is 23.6 Å². The van der Waals surface area contributed by atoms with Gasteiger partial charge in [-0.2, -0.15) is 0 Å². The quantitative estimate of drug-likeness (QED) is 0.865. The number of aromatic nitrogens is 1. The van der Waals surface area contributed by atoms with Crippen molar-refractivity contribution in [2.24, 2.45) is 0 Å². The van der Waals surface area contributed by atoms with E-state index in [1.165, 1.54) is 21.9 Å². The number of hydrogen-bond donors (Lipinski definition) is 1. The van der Waals surface area contributed by atoms with E-state index in [1.54, 1.807) is 0 Å². The molecule has 0 aliphatic carbocycles. The molecule has 0 saturated carbocycles. The first-order chi connectivity index (χ1) is 11.8. The lowest BCUT2D eigenvalue weighted by molar-refractivity contribution is -0.116. The largest absolute Gasteiger partial charge is 0.302 e. The molecule has 0 fully saturated rings. The molecule has 1 aromatic carbocycles. The van der Waals surface area contributed by atoms with E-state index in [4.69, 9.17) is 0 Å². The minimum absolute atomic E-state index is 0.0324.